The number of carbonyl (C=O) groups excluding carboxylic acids is 2. The van der Waals surface area contributed by atoms with Crippen molar-refractivity contribution >= 4 is 23.6 Å². The molecule has 0 spiro atoms. The Morgan fingerprint density at radius 1 is 1.31 bits per heavy atom. The van der Waals surface area contributed by atoms with Gasteiger partial charge in [0, 0.05) is 12.1 Å². The van der Waals surface area contributed by atoms with E-state index in [0.717, 1.165) is 6.08 Å². The minimum atomic E-state index is -0.788. The van der Waals surface area contributed by atoms with Crippen LogP contribution >= 0.6 is 0 Å². The van der Waals surface area contributed by atoms with Crippen LogP contribution in [0.2, 0.25) is 0 Å². The van der Waals surface area contributed by atoms with Crippen molar-refractivity contribution in [2.45, 2.75) is 26.8 Å². The second kappa shape index (κ2) is 8.32. The zero-order valence-electron chi connectivity index (χ0n) is 14.7. The van der Waals surface area contributed by atoms with Crippen LogP contribution in [0.1, 0.15) is 26.3 Å². The number of nitro benzene ring substituents is 1. The maximum absolute atomic E-state index is 11.7. The average molecular weight is 364 g/mol. The Hall–Kier alpha value is -3.10. The summed E-state index contributed by atoms with van der Waals surface area (Å²) in [6.45, 7) is 5.31. The molecule has 1 aliphatic heterocycles. The highest BCUT2D eigenvalue weighted by Gasteiger charge is 2.22. The normalized spacial score (nSPS) is 13.7. The Morgan fingerprint density at radius 3 is 2.58 bits per heavy atom. The number of benzene rings is 1. The van der Waals surface area contributed by atoms with Crippen molar-refractivity contribution in [3.8, 4) is 11.5 Å². The Kier molecular flexibility index (Phi) is 6.16. The van der Waals surface area contributed by atoms with E-state index in [1.54, 1.807) is 0 Å². The van der Waals surface area contributed by atoms with Crippen molar-refractivity contribution in [2.24, 2.45) is 5.92 Å². The van der Waals surface area contributed by atoms with E-state index in [2.05, 4.69) is 5.32 Å². The van der Waals surface area contributed by atoms with Gasteiger partial charge < -0.3 is 19.5 Å². The molecule has 0 aliphatic carbocycles. The molecule has 1 heterocycles. The highest BCUT2D eigenvalue weighted by molar-refractivity contribution is 5.90. The summed E-state index contributed by atoms with van der Waals surface area (Å²) >= 11 is 0. The van der Waals surface area contributed by atoms with Crippen LogP contribution in [-0.2, 0) is 14.3 Å². The number of hydrogen-bond acceptors (Lipinski definition) is 7. The summed E-state index contributed by atoms with van der Waals surface area (Å²) in [5.74, 6) is -0.328. The van der Waals surface area contributed by atoms with E-state index < -0.39 is 23.4 Å². The molecule has 2 rings (SSSR count). The van der Waals surface area contributed by atoms with Crippen molar-refractivity contribution in [1.29, 1.82) is 0 Å². The second-order valence-corrected chi connectivity index (χ2v) is 6.06. The Labute approximate surface area is 150 Å². The molecule has 1 amide bonds. The van der Waals surface area contributed by atoms with E-state index in [-0.39, 0.29) is 35.8 Å². The average Bonchev–Trinajstić information content (AvgIpc) is 3.04. The van der Waals surface area contributed by atoms with Crippen LogP contribution in [0.4, 0.5) is 5.69 Å². The van der Waals surface area contributed by atoms with Gasteiger partial charge in [0.2, 0.25) is 6.79 Å². The lowest BCUT2D eigenvalue weighted by Gasteiger charge is -2.16. The van der Waals surface area contributed by atoms with Crippen LogP contribution in [0.3, 0.4) is 0 Å². The number of hydrogen-bond donors (Lipinski definition) is 1. The zero-order chi connectivity index (χ0) is 19.3. The number of nitrogens with one attached hydrogen (secondary N) is 1. The molecule has 140 valence electrons. The number of rotatable bonds is 7. The highest BCUT2D eigenvalue weighted by Crippen LogP contribution is 2.38. The minimum absolute atomic E-state index is 0.0222. The number of ether oxygens (including phenoxy) is 3. The van der Waals surface area contributed by atoms with Gasteiger partial charge in [-0.05, 0) is 25.0 Å². The fourth-order valence-electron chi connectivity index (χ4n) is 2.04. The monoisotopic (exact) mass is 364 g/mol. The molecule has 0 bridgehead atoms. The molecule has 1 atom stereocenters. The number of esters is 1. The smallest absolute Gasteiger partial charge is 0.331 e. The van der Waals surface area contributed by atoms with Crippen LogP contribution in [0.5, 0.6) is 11.5 Å². The largest absolute Gasteiger partial charge is 0.454 e. The third-order valence-electron chi connectivity index (χ3n) is 3.85. The lowest BCUT2D eigenvalue weighted by Crippen LogP contribution is -2.38. The first-order valence-electron chi connectivity index (χ1n) is 8.00. The summed E-state index contributed by atoms with van der Waals surface area (Å²) in [7, 11) is 0. The molecule has 9 nitrogen and oxygen atoms in total. The molecule has 1 aliphatic rings. The van der Waals surface area contributed by atoms with Gasteiger partial charge in [0.05, 0.1) is 16.6 Å². The van der Waals surface area contributed by atoms with E-state index in [1.165, 1.54) is 18.2 Å². The molecule has 1 aromatic carbocycles. The van der Waals surface area contributed by atoms with Gasteiger partial charge in [-0.25, -0.2) is 4.79 Å². The predicted octanol–water partition coefficient (Wildman–Crippen LogP) is 2.04. The van der Waals surface area contributed by atoms with E-state index in [0.29, 0.717) is 5.75 Å². The maximum Gasteiger partial charge on any atom is 0.331 e. The zero-order valence-corrected chi connectivity index (χ0v) is 14.7. The molecule has 0 unspecified atom stereocenters. The molecule has 9 heteroatoms. The number of nitro groups is 1. The molecule has 1 N–H and O–H groups in total. The van der Waals surface area contributed by atoms with Gasteiger partial charge in [0.25, 0.3) is 11.6 Å². The molecule has 0 fully saturated rings. The molecule has 0 radical (unpaired) electrons. The predicted molar refractivity (Wildman–Crippen MR) is 91.7 cm³/mol. The fourth-order valence-corrected chi connectivity index (χ4v) is 2.04. The van der Waals surface area contributed by atoms with Gasteiger partial charge in [0.1, 0.15) is 0 Å². The van der Waals surface area contributed by atoms with Gasteiger partial charge in [-0.2, -0.15) is 0 Å². The van der Waals surface area contributed by atoms with Crippen molar-refractivity contribution in [3.63, 3.8) is 0 Å². The van der Waals surface area contributed by atoms with Crippen LogP contribution in [0.15, 0.2) is 18.2 Å². The SMILES string of the molecule is CC(C)[C@@H](C)NC(=O)COC(=O)/C=C/c1cc2c(cc1[N+](=O)[O-])OCO2. The van der Waals surface area contributed by atoms with Crippen LogP contribution < -0.4 is 14.8 Å². The Bertz CT molecular complexity index is 743. The van der Waals surface area contributed by atoms with Gasteiger partial charge in [-0.15, -0.1) is 0 Å². The molecule has 0 saturated heterocycles. The topological polar surface area (TPSA) is 117 Å². The number of fused-ring (bicyclic) bond motifs is 1. The molecule has 1 aromatic rings. The first-order valence-corrected chi connectivity index (χ1v) is 8.00. The molecular formula is C17H20N2O7. The number of amides is 1. The lowest BCUT2D eigenvalue weighted by molar-refractivity contribution is -0.385. The van der Waals surface area contributed by atoms with Crippen molar-refractivity contribution in [3.05, 3.63) is 33.9 Å². The summed E-state index contributed by atoms with van der Waals surface area (Å²) in [6.07, 6.45) is 2.25. The quantitative estimate of drug-likeness (QED) is 0.340. The molecule has 0 aromatic heterocycles. The van der Waals surface area contributed by atoms with Crippen LogP contribution in [0.25, 0.3) is 6.08 Å². The minimum Gasteiger partial charge on any atom is -0.454 e. The van der Waals surface area contributed by atoms with Gasteiger partial charge in [-0.3, -0.25) is 14.9 Å². The molecule has 0 saturated carbocycles. The van der Waals surface area contributed by atoms with Gasteiger partial charge in [-0.1, -0.05) is 13.8 Å². The maximum atomic E-state index is 11.7. The number of nitrogens with zero attached hydrogens (tertiary/aromatic N) is 1. The van der Waals surface area contributed by atoms with Crippen molar-refractivity contribution < 1.29 is 28.7 Å². The van der Waals surface area contributed by atoms with E-state index >= 15 is 0 Å². The van der Waals surface area contributed by atoms with E-state index in [1.807, 2.05) is 20.8 Å². The van der Waals surface area contributed by atoms with Crippen LogP contribution in [0, 0.1) is 16.0 Å². The van der Waals surface area contributed by atoms with Crippen molar-refractivity contribution in [1.82, 2.24) is 5.32 Å². The summed E-state index contributed by atoms with van der Waals surface area (Å²) in [4.78, 5) is 34.0. The lowest BCUT2D eigenvalue weighted by atomic mass is 10.1. The first kappa shape index (κ1) is 19.2. The Morgan fingerprint density at radius 2 is 1.96 bits per heavy atom. The third kappa shape index (κ3) is 4.95. The summed E-state index contributed by atoms with van der Waals surface area (Å²) in [5, 5.41) is 13.8. The first-order chi connectivity index (χ1) is 12.3. The Balaban J connectivity index is 1.98. The number of carbonyl (C=O) groups is 2. The fraction of sp³-hybridized carbons (Fsp3) is 0.412. The van der Waals surface area contributed by atoms with Gasteiger partial charge in [0.15, 0.2) is 18.1 Å². The van der Waals surface area contributed by atoms with Crippen LogP contribution in [-0.4, -0.2) is 36.2 Å². The summed E-state index contributed by atoms with van der Waals surface area (Å²) in [6, 6.07) is 2.59. The standard InChI is InChI=1S/C17H20N2O7/c1-10(2)11(3)18-16(20)8-24-17(21)5-4-12-6-14-15(26-9-25-14)7-13(12)19(22)23/h4-7,10-11H,8-9H2,1-3H3,(H,18,20)/b5-4+/t11-/m1/s1. The molecular weight excluding hydrogens is 344 g/mol. The summed E-state index contributed by atoms with van der Waals surface area (Å²) in [5.41, 5.74) is -0.0733. The van der Waals surface area contributed by atoms with E-state index in [4.69, 9.17) is 14.2 Å². The third-order valence-corrected chi connectivity index (χ3v) is 3.85. The highest BCUT2D eigenvalue weighted by atomic mass is 16.7. The molecule has 26 heavy (non-hydrogen) atoms. The van der Waals surface area contributed by atoms with E-state index in [9.17, 15) is 19.7 Å². The van der Waals surface area contributed by atoms with Gasteiger partial charge >= 0.3 is 5.97 Å². The summed E-state index contributed by atoms with van der Waals surface area (Å²) < 4.78 is 15.1. The van der Waals surface area contributed by atoms with Crippen molar-refractivity contribution in [2.75, 3.05) is 13.4 Å². The second-order valence-electron chi connectivity index (χ2n) is 6.06.